The number of nitrogens with one attached hydrogen (secondary N) is 1. The zero-order valence-electron chi connectivity index (χ0n) is 23.3. The van der Waals surface area contributed by atoms with Gasteiger partial charge in [-0.25, -0.2) is 18.0 Å². The molecule has 3 amide bonds. The van der Waals surface area contributed by atoms with E-state index in [1.54, 1.807) is 4.90 Å². The normalized spacial score (nSPS) is 20.5. The van der Waals surface area contributed by atoms with Crippen LogP contribution in [0, 0.1) is 6.92 Å². The molecular formula is C29H37N3O7S. The van der Waals surface area contributed by atoms with Crippen LogP contribution in [0.15, 0.2) is 54.1 Å². The fourth-order valence-corrected chi connectivity index (χ4v) is 6.01. The molecule has 10 nitrogen and oxygen atoms in total. The van der Waals surface area contributed by atoms with E-state index >= 15 is 0 Å². The Morgan fingerprint density at radius 1 is 1.25 bits per heavy atom. The highest BCUT2D eigenvalue weighted by Gasteiger charge is 2.33. The summed E-state index contributed by atoms with van der Waals surface area (Å²) in [6.07, 6.45) is 3.45. The number of amides is 3. The molecule has 0 aromatic heterocycles. The number of carbonyl (C=O) groups excluding carboxylic acids is 2. The summed E-state index contributed by atoms with van der Waals surface area (Å²) in [4.78, 5) is 31.3. The van der Waals surface area contributed by atoms with Crippen LogP contribution in [0.4, 0.5) is 4.79 Å². The molecule has 2 N–H and O–H groups in total. The standard InChI is InChI=1S/C29H37N3O7S/c1-5-22(26-11-8-23(15-20(26)3)27(33)31-13-12-25(17-31)40(4,36)37)14-19(2)18-38-24-9-6-21(7-10-24)16-32-28(34)30-29(35)39-32/h6-11,14-15,22,25,29,35H,5,12-13,16-18H2,1-4H3,(H,30,34)/b19-14+. The first-order valence-electron chi connectivity index (χ1n) is 13.3. The number of hydrogen-bond donors (Lipinski definition) is 2. The van der Waals surface area contributed by atoms with Gasteiger partial charge in [-0.1, -0.05) is 31.2 Å². The third-order valence-electron chi connectivity index (χ3n) is 7.30. The summed E-state index contributed by atoms with van der Waals surface area (Å²) in [5.74, 6) is 0.711. The lowest BCUT2D eigenvalue weighted by molar-refractivity contribution is -0.208. The fraction of sp³-hybridized carbons (Fsp3) is 0.448. The summed E-state index contributed by atoms with van der Waals surface area (Å²) >= 11 is 0. The minimum atomic E-state index is -3.16. The van der Waals surface area contributed by atoms with Crippen LogP contribution in [0.25, 0.3) is 0 Å². The van der Waals surface area contributed by atoms with Crippen molar-refractivity contribution < 1.29 is 32.7 Å². The molecule has 4 rings (SSSR count). The Morgan fingerprint density at radius 3 is 2.55 bits per heavy atom. The number of aliphatic hydroxyl groups excluding tert-OH is 1. The Morgan fingerprint density at radius 2 is 1.98 bits per heavy atom. The Kier molecular flexibility index (Phi) is 9.17. The fourth-order valence-electron chi connectivity index (χ4n) is 5.02. The average molecular weight is 572 g/mol. The molecular weight excluding hydrogens is 534 g/mol. The highest BCUT2D eigenvalue weighted by molar-refractivity contribution is 7.91. The summed E-state index contributed by atoms with van der Waals surface area (Å²) < 4.78 is 29.7. The number of hydrogen-bond acceptors (Lipinski definition) is 7. The average Bonchev–Trinajstić information content (AvgIpc) is 3.53. The van der Waals surface area contributed by atoms with Crippen molar-refractivity contribution >= 4 is 21.8 Å². The number of benzene rings is 2. The van der Waals surface area contributed by atoms with Crippen LogP contribution in [-0.4, -0.2) is 73.0 Å². The third-order valence-corrected chi connectivity index (χ3v) is 8.89. The van der Waals surface area contributed by atoms with Crippen molar-refractivity contribution in [2.45, 2.75) is 57.7 Å². The second kappa shape index (κ2) is 12.4. The second-order valence-electron chi connectivity index (χ2n) is 10.5. The van der Waals surface area contributed by atoms with E-state index in [1.165, 1.54) is 6.26 Å². The molecule has 0 radical (unpaired) electrons. The van der Waals surface area contributed by atoms with Crippen molar-refractivity contribution in [3.63, 3.8) is 0 Å². The van der Waals surface area contributed by atoms with Gasteiger partial charge in [0.1, 0.15) is 12.4 Å². The van der Waals surface area contributed by atoms with Gasteiger partial charge in [-0.3, -0.25) is 10.1 Å². The molecule has 2 aromatic carbocycles. The first kappa shape index (κ1) is 29.6. The van der Waals surface area contributed by atoms with Crippen molar-refractivity contribution in [3.8, 4) is 5.75 Å². The highest BCUT2D eigenvalue weighted by atomic mass is 32.2. The number of carbonyl (C=O) groups is 2. The van der Waals surface area contributed by atoms with Gasteiger partial charge in [-0.05, 0) is 73.2 Å². The van der Waals surface area contributed by atoms with E-state index in [0.717, 1.165) is 33.7 Å². The molecule has 2 aliphatic heterocycles. The lowest BCUT2D eigenvalue weighted by atomic mass is 9.90. The Balaban J connectivity index is 1.34. The molecule has 11 heteroatoms. The van der Waals surface area contributed by atoms with Crippen LogP contribution >= 0.6 is 0 Å². The van der Waals surface area contributed by atoms with E-state index in [4.69, 9.17) is 9.57 Å². The number of hydroxylamine groups is 2. The Labute approximate surface area is 235 Å². The van der Waals surface area contributed by atoms with Crippen molar-refractivity contribution in [1.82, 2.24) is 15.3 Å². The van der Waals surface area contributed by atoms with Gasteiger partial charge < -0.3 is 14.7 Å². The molecule has 0 aliphatic carbocycles. The number of rotatable bonds is 10. The third kappa shape index (κ3) is 7.21. The van der Waals surface area contributed by atoms with Gasteiger partial charge in [0.25, 0.3) is 12.3 Å². The molecule has 0 spiro atoms. The van der Waals surface area contributed by atoms with Gasteiger partial charge in [-0.2, -0.15) is 5.06 Å². The molecule has 40 heavy (non-hydrogen) atoms. The minimum Gasteiger partial charge on any atom is -0.489 e. The minimum absolute atomic E-state index is 0.131. The molecule has 2 aliphatic rings. The van der Waals surface area contributed by atoms with Crippen LogP contribution in [0.2, 0.25) is 0 Å². The number of allylic oxidation sites excluding steroid dienone is 1. The van der Waals surface area contributed by atoms with Crippen LogP contribution in [0.3, 0.4) is 0 Å². The second-order valence-corrected chi connectivity index (χ2v) is 12.8. The molecule has 0 saturated carbocycles. The van der Waals surface area contributed by atoms with Gasteiger partial charge in [0.15, 0.2) is 9.84 Å². The number of aliphatic hydroxyl groups is 1. The Hall–Kier alpha value is -3.41. The predicted molar refractivity (Wildman–Crippen MR) is 150 cm³/mol. The van der Waals surface area contributed by atoms with Gasteiger partial charge in [0.2, 0.25) is 0 Å². The summed E-state index contributed by atoms with van der Waals surface area (Å²) in [5, 5.41) is 12.2. The summed E-state index contributed by atoms with van der Waals surface area (Å²) in [7, 11) is -3.16. The van der Waals surface area contributed by atoms with Crippen LogP contribution in [0.5, 0.6) is 5.75 Å². The van der Waals surface area contributed by atoms with Crippen molar-refractivity contribution in [2.75, 3.05) is 26.0 Å². The maximum atomic E-state index is 13.0. The molecule has 2 saturated heterocycles. The van der Waals surface area contributed by atoms with E-state index in [2.05, 4.69) is 18.3 Å². The van der Waals surface area contributed by atoms with Gasteiger partial charge in [0.05, 0.1) is 11.8 Å². The highest BCUT2D eigenvalue weighted by Crippen LogP contribution is 2.28. The molecule has 216 valence electrons. The summed E-state index contributed by atoms with van der Waals surface area (Å²) in [6, 6.07) is 12.5. The van der Waals surface area contributed by atoms with E-state index < -0.39 is 27.5 Å². The number of likely N-dealkylation sites (tertiary alicyclic amines) is 1. The summed E-state index contributed by atoms with van der Waals surface area (Å²) in [6.45, 7) is 7.43. The van der Waals surface area contributed by atoms with E-state index in [0.29, 0.717) is 30.9 Å². The summed E-state index contributed by atoms with van der Waals surface area (Å²) in [5.41, 5.74) is 4.62. The SMILES string of the molecule is CCC(/C=C(\C)COc1ccc(CN2OC(O)NC2=O)cc1)c1ccc(C(=O)N2CCC(S(C)(=O)=O)C2)cc1C. The molecule has 2 fully saturated rings. The van der Waals surface area contributed by atoms with E-state index in [-0.39, 0.29) is 24.9 Å². The zero-order chi connectivity index (χ0) is 29.0. The molecule has 3 unspecified atom stereocenters. The number of urea groups is 1. The first-order chi connectivity index (χ1) is 18.9. The topological polar surface area (TPSA) is 125 Å². The first-order valence-corrected chi connectivity index (χ1v) is 15.3. The van der Waals surface area contributed by atoms with Crippen LogP contribution < -0.4 is 10.1 Å². The van der Waals surface area contributed by atoms with Crippen molar-refractivity contribution in [2.24, 2.45) is 0 Å². The largest absolute Gasteiger partial charge is 0.489 e. The zero-order valence-corrected chi connectivity index (χ0v) is 24.1. The maximum Gasteiger partial charge on any atom is 0.345 e. The van der Waals surface area contributed by atoms with Gasteiger partial charge >= 0.3 is 6.03 Å². The van der Waals surface area contributed by atoms with Gasteiger partial charge in [0, 0.05) is 30.8 Å². The Bertz CT molecular complexity index is 1370. The molecule has 2 heterocycles. The smallest absolute Gasteiger partial charge is 0.345 e. The lowest BCUT2D eigenvalue weighted by Crippen LogP contribution is -2.31. The molecule has 2 aromatic rings. The van der Waals surface area contributed by atoms with Crippen molar-refractivity contribution in [1.29, 1.82) is 0 Å². The molecule has 0 bridgehead atoms. The monoisotopic (exact) mass is 571 g/mol. The van der Waals surface area contributed by atoms with Crippen LogP contribution in [-0.2, 0) is 21.2 Å². The number of ether oxygens (including phenoxy) is 1. The predicted octanol–water partition coefficient (Wildman–Crippen LogP) is 3.51. The van der Waals surface area contributed by atoms with E-state index in [9.17, 15) is 23.1 Å². The molecule has 3 atom stereocenters. The lowest BCUT2D eigenvalue weighted by Gasteiger charge is -2.19. The number of sulfone groups is 1. The quantitative estimate of drug-likeness (QED) is 0.418. The maximum absolute atomic E-state index is 13.0. The van der Waals surface area contributed by atoms with Gasteiger partial charge in [-0.15, -0.1) is 0 Å². The number of aryl methyl sites for hydroxylation is 1. The number of nitrogens with zero attached hydrogens (tertiary/aromatic N) is 2. The van der Waals surface area contributed by atoms with Crippen LogP contribution in [0.1, 0.15) is 59.7 Å². The van der Waals surface area contributed by atoms with Crippen molar-refractivity contribution in [3.05, 3.63) is 76.4 Å². The van der Waals surface area contributed by atoms with E-state index in [1.807, 2.05) is 56.3 Å².